The summed E-state index contributed by atoms with van der Waals surface area (Å²) in [5, 5.41) is 7.47. The fourth-order valence-electron chi connectivity index (χ4n) is 1.11. The van der Waals surface area contributed by atoms with Crippen molar-refractivity contribution < 1.29 is 0 Å². The Bertz CT molecular complexity index is 291. The van der Waals surface area contributed by atoms with Gasteiger partial charge in [0.2, 0.25) is 0 Å². The summed E-state index contributed by atoms with van der Waals surface area (Å²) in [5.41, 5.74) is 7.76. The van der Waals surface area contributed by atoms with E-state index in [-0.39, 0.29) is 0 Å². The van der Waals surface area contributed by atoms with Crippen molar-refractivity contribution in [3.63, 3.8) is 0 Å². The van der Waals surface area contributed by atoms with Crippen LogP contribution in [0, 0.1) is 0 Å². The number of anilines is 1. The van der Waals surface area contributed by atoms with E-state index in [1.807, 2.05) is 6.08 Å². The fraction of sp³-hybridized carbons (Fsp3) is 0.143. The molecule has 3 heteroatoms. The van der Waals surface area contributed by atoms with Gasteiger partial charge in [0.15, 0.2) is 5.82 Å². The highest BCUT2D eigenvalue weighted by atomic mass is 15.1. The number of rotatable bonds is 0. The van der Waals surface area contributed by atoms with Gasteiger partial charge in [-0.15, -0.1) is 5.10 Å². The lowest BCUT2D eigenvalue weighted by atomic mass is 10.2. The van der Waals surface area contributed by atoms with Crippen LogP contribution in [0.1, 0.15) is 11.1 Å². The van der Waals surface area contributed by atoms with Gasteiger partial charge in [-0.1, -0.05) is 12.2 Å². The maximum Gasteiger partial charge on any atom is 0.153 e. The van der Waals surface area contributed by atoms with Crippen molar-refractivity contribution in [1.29, 1.82) is 0 Å². The molecule has 50 valence electrons. The summed E-state index contributed by atoms with van der Waals surface area (Å²) in [6, 6.07) is 0. The summed E-state index contributed by atoms with van der Waals surface area (Å²) >= 11 is 0. The summed E-state index contributed by atoms with van der Waals surface area (Å²) < 4.78 is 0. The molecule has 0 aromatic carbocycles. The molecular formula is C7H7N3. The lowest BCUT2D eigenvalue weighted by molar-refractivity contribution is 1.01. The van der Waals surface area contributed by atoms with E-state index in [4.69, 9.17) is 5.73 Å². The molecule has 0 bridgehead atoms. The van der Waals surface area contributed by atoms with E-state index in [0.717, 1.165) is 12.0 Å². The van der Waals surface area contributed by atoms with Crippen LogP contribution in [0.15, 0.2) is 12.3 Å². The average Bonchev–Trinajstić information content (AvgIpc) is 2.36. The number of hydrogen-bond donors (Lipinski definition) is 1. The van der Waals surface area contributed by atoms with Crippen LogP contribution in [-0.2, 0) is 6.42 Å². The minimum atomic E-state index is 0.534. The molecule has 3 nitrogen and oxygen atoms in total. The van der Waals surface area contributed by atoms with Gasteiger partial charge in [-0.25, -0.2) is 0 Å². The van der Waals surface area contributed by atoms with Gasteiger partial charge in [0.25, 0.3) is 0 Å². The molecular weight excluding hydrogens is 126 g/mol. The maximum absolute atomic E-state index is 5.55. The van der Waals surface area contributed by atoms with Gasteiger partial charge in [0.05, 0.1) is 6.20 Å². The monoisotopic (exact) mass is 133 g/mol. The normalized spacial score (nSPS) is 13.6. The average molecular weight is 133 g/mol. The highest BCUT2D eigenvalue weighted by Crippen LogP contribution is 2.21. The summed E-state index contributed by atoms with van der Waals surface area (Å²) in [4.78, 5) is 0. The van der Waals surface area contributed by atoms with Crippen LogP contribution >= 0.6 is 0 Å². The highest BCUT2D eigenvalue weighted by molar-refractivity contribution is 5.67. The van der Waals surface area contributed by atoms with E-state index in [1.54, 1.807) is 6.20 Å². The zero-order chi connectivity index (χ0) is 6.97. The van der Waals surface area contributed by atoms with Crippen molar-refractivity contribution >= 4 is 11.9 Å². The van der Waals surface area contributed by atoms with Crippen LogP contribution in [0.2, 0.25) is 0 Å². The molecule has 0 unspecified atom stereocenters. The Balaban J connectivity index is 2.67. The lowest BCUT2D eigenvalue weighted by Crippen LogP contribution is -1.97. The molecule has 0 aliphatic heterocycles. The minimum absolute atomic E-state index is 0.534. The Morgan fingerprint density at radius 2 is 2.40 bits per heavy atom. The number of hydrogen-bond acceptors (Lipinski definition) is 3. The first-order valence-corrected chi connectivity index (χ1v) is 3.14. The summed E-state index contributed by atoms with van der Waals surface area (Å²) in [6.07, 6.45) is 6.74. The third-order valence-electron chi connectivity index (χ3n) is 1.62. The molecule has 0 fully saturated rings. The van der Waals surface area contributed by atoms with Gasteiger partial charge in [-0.05, 0) is 12.0 Å². The maximum atomic E-state index is 5.55. The molecule has 1 aromatic rings. The molecule has 1 aliphatic carbocycles. The van der Waals surface area contributed by atoms with Gasteiger partial charge in [-0.2, -0.15) is 5.10 Å². The SMILES string of the molecule is Nc1nncc2c1C=CC2. The van der Waals surface area contributed by atoms with E-state index in [2.05, 4.69) is 16.3 Å². The van der Waals surface area contributed by atoms with Crippen molar-refractivity contribution in [3.8, 4) is 0 Å². The van der Waals surface area contributed by atoms with E-state index < -0.39 is 0 Å². The number of allylic oxidation sites excluding steroid dienone is 1. The van der Waals surface area contributed by atoms with Crippen LogP contribution in [-0.4, -0.2) is 10.2 Å². The molecule has 0 amide bonds. The molecule has 1 aliphatic rings. The van der Waals surface area contributed by atoms with Crippen LogP contribution < -0.4 is 5.73 Å². The molecule has 0 saturated heterocycles. The van der Waals surface area contributed by atoms with E-state index in [9.17, 15) is 0 Å². The topological polar surface area (TPSA) is 51.8 Å². The lowest BCUT2D eigenvalue weighted by Gasteiger charge is -1.97. The quantitative estimate of drug-likeness (QED) is 0.564. The Kier molecular flexibility index (Phi) is 0.974. The highest BCUT2D eigenvalue weighted by Gasteiger charge is 2.07. The van der Waals surface area contributed by atoms with Crippen molar-refractivity contribution in [2.45, 2.75) is 6.42 Å². The number of fused-ring (bicyclic) bond motifs is 1. The third-order valence-corrected chi connectivity index (χ3v) is 1.62. The van der Waals surface area contributed by atoms with Gasteiger partial charge in [0.1, 0.15) is 0 Å². The minimum Gasteiger partial charge on any atom is -0.382 e. The zero-order valence-electron chi connectivity index (χ0n) is 5.41. The van der Waals surface area contributed by atoms with Gasteiger partial charge >= 0.3 is 0 Å². The van der Waals surface area contributed by atoms with Crippen LogP contribution in [0.4, 0.5) is 5.82 Å². The second kappa shape index (κ2) is 1.80. The molecule has 0 spiro atoms. The number of nitrogens with two attached hydrogens (primary N) is 1. The second-order valence-corrected chi connectivity index (χ2v) is 2.28. The van der Waals surface area contributed by atoms with E-state index in [1.165, 1.54) is 5.56 Å². The second-order valence-electron chi connectivity index (χ2n) is 2.28. The summed E-state index contributed by atoms with van der Waals surface area (Å²) in [7, 11) is 0. The first-order valence-electron chi connectivity index (χ1n) is 3.14. The van der Waals surface area contributed by atoms with Crippen LogP contribution in [0.25, 0.3) is 6.08 Å². The van der Waals surface area contributed by atoms with E-state index in [0.29, 0.717) is 5.82 Å². The third kappa shape index (κ3) is 0.603. The molecule has 0 radical (unpaired) electrons. The Morgan fingerprint density at radius 3 is 3.20 bits per heavy atom. The van der Waals surface area contributed by atoms with Crippen LogP contribution in [0.3, 0.4) is 0 Å². The predicted octanol–water partition coefficient (Wildman–Crippen LogP) is 0.628. The fourth-order valence-corrected chi connectivity index (χ4v) is 1.11. The van der Waals surface area contributed by atoms with Crippen molar-refractivity contribution in [3.05, 3.63) is 23.4 Å². The van der Waals surface area contributed by atoms with Gasteiger partial charge in [0, 0.05) is 5.56 Å². The largest absolute Gasteiger partial charge is 0.382 e. The molecule has 10 heavy (non-hydrogen) atoms. The zero-order valence-corrected chi connectivity index (χ0v) is 5.41. The number of nitrogen functional groups attached to an aromatic ring is 1. The number of nitrogens with zero attached hydrogens (tertiary/aromatic N) is 2. The summed E-state index contributed by atoms with van der Waals surface area (Å²) in [5.74, 6) is 0.534. The Morgan fingerprint density at radius 1 is 1.50 bits per heavy atom. The Hall–Kier alpha value is -1.38. The molecule has 2 N–H and O–H groups in total. The van der Waals surface area contributed by atoms with E-state index >= 15 is 0 Å². The molecule has 1 heterocycles. The van der Waals surface area contributed by atoms with Gasteiger partial charge in [-0.3, -0.25) is 0 Å². The standard InChI is InChI=1S/C7H7N3/c8-7-6-3-1-2-5(6)4-9-10-7/h1,3-4H,2H2,(H2,8,10). The predicted molar refractivity (Wildman–Crippen MR) is 39.2 cm³/mol. The molecule has 0 atom stereocenters. The van der Waals surface area contributed by atoms with Crippen molar-refractivity contribution in [1.82, 2.24) is 10.2 Å². The van der Waals surface area contributed by atoms with Crippen molar-refractivity contribution in [2.24, 2.45) is 0 Å². The molecule has 0 saturated carbocycles. The molecule has 1 aromatic heterocycles. The smallest absolute Gasteiger partial charge is 0.153 e. The summed E-state index contributed by atoms with van der Waals surface area (Å²) in [6.45, 7) is 0. The first-order chi connectivity index (χ1) is 4.88. The Labute approximate surface area is 58.6 Å². The van der Waals surface area contributed by atoms with Crippen LogP contribution in [0.5, 0.6) is 0 Å². The van der Waals surface area contributed by atoms with Crippen molar-refractivity contribution in [2.75, 3.05) is 5.73 Å². The molecule has 2 rings (SSSR count). The number of aromatic nitrogens is 2. The van der Waals surface area contributed by atoms with Gasteiger partial charge < -0.3 is 5.73 Å². The first kappa shape index (κ1) is 5.41.